The van der Waals surface area contributed by atoms with Crippen LogP contribution in [-0.4, -0.2) is 22.4 Å². The summed E-state index contributed by atoms with van der Waals surface area (Å²) in [6, 6.07) is 1.25. The summed E-state index contributed by atoms with van der Waals surface area (Å²) in [5.41, 5.74) is 0.580. The lowest BCUT2D eigenvalue weighted by molar-refractivity contribution is -0.385. The fourth-order valence-electron chi connectivity index (χ4n) is 1.33. The average molecular weight is 237 g/mol. The Bertz CT molecular complexity index is 432. The molecule has 92 valence electrons. The minimum Gasteiger partial charge on any atom is -0.352 e. The number of nitro groups is 1. The number of nitrogens with one attached hydrogen (secondary N) is 1. The van der Waals surface area contributed by atoms with Crippen LogP contribution in [0.2, 0.25) is 0 Å². The van der Waals surface area contributed by atoms with E-state index in [9.17, 15) is 14.9 Å². The zero-order valence-electron chi connectivity index (χ0n) is 9.90. The minimum absolute atomic E-state index is 0.170. The van der Waals surface area contributed by atoms with Crippen molar-refractivity contribution in [1.29, 1.82) is 0 Å². The quantitative estimate of drug-likeness (QED) is 0.481. The molecule has 0 bridgehead atoms. The molecule has 1 N–H and O–H groups in total. The first-order valence-corrected chi connectivity index (χ1v) is 5.45. The lowest BCUT2D eigenvalue weighted by Crippen LogP contribution is -2.25. The number of carbonyl (C=O) groups is 1. The van der Waals surface area contributed by atoms with E-state index < -0.39 is 4.92 Å². The fraction of sp³-hybridized carbons (Fsp3) is 0.455. The van der Waals surface area contributed by atoms with E-state index in [4.69, 9.17) is 0 Å². The summed E-state index contributed by atoms with van der Waals surface area (Å²) in [5.74, 6) is -0.313. The van der Waals surface area contributed by atoms with Crippen LogP contribution in [0.15, 0.2) is 12.3 Å². The first-order chi connectivity index (χ1) is 8.06. The largest absolute Gasteiger partial charge is 0.352 e. The number of aryl methyl sites for hydroxylation is 1. The number of hydrogen-bond acceptors (Lipinski definition) is 4. The fourth-order valence-corrected chi connectivity index (χ4v) is 1.33. The van der Waals surface area contributed by atoms with Gasteiger partial charge in [-0.3, -0.25) is 19.9 Å². The van der Waals surface area contributed by atoms with Gasteiger partial charge >= 0.3 is 0 Å². The van der Waals surface area contributed by atoms with Gasteiger partial charge < -0.3 is 5.32 Å². The number of pyridine rings is 1. The molecule has 1 amide bonds. The maximum atomic E-state index is 11.7. The van der Waals surface area contributed by atoms with Crippen molar-refractivity contribution in [3.8, 4) is 0 Å². The predicted octanol–water partition coefficient (Wildman–Crippen LogP) is 1.83. The molecule has 6 nitrogen and oxygen atoms in total. The molecular weight excluding hydrogens is 222 g/mol. The van der Waals surface area contributed by atoms with Gasteiger partial charge in [0, 0.05) is 12.6 Å². The van der Waals surface area contributed by atoms with E-state index in [0.717, 1.165) is 19.0 Å². The Labute approximate surface area is 99.2 Å². The molecule has 1 heterocycles. The Hall–Kier alpha value is -1.98. The normalized spacial score (nSPS) is 10.0. The third-order valence-corrected chi connectivity index (χ3v) is 2.34. The Kier molecular flexibility index (Phi) is 4.56. The lowest BCUT2D eigenvalue weighted by Gasteiger charge is -2.06. The molecular formula is C11H15N3O3. The molecule has 0 saturated carbocycles. The van der Waals surface area contributed by atoms with Crippen LogP contribution < -0.4 is 5.32 Å². The minimum atomic E-state index is -0.560. The van der Waals surface area contributed by atoms with E-state index in [0.29, 0.717) is 12.2 Å². The monoisotopic (exact) mass is 237 g/mol. The van der Waals surface area contributed by atoms with Crippen molar-refractivity contribution in [3.63, 3.8) is 0 Å². The number of rotatable bonds is 5. The van der Waals surface area contributed by atoms with Crippen molar-refractivity contribution >= 4 is 11.6 Å². The summed E-state index contributed by atoms with van der Waals surface area (Å²) in [6.45, 7) is 4.24. The van der Waals surface area contributed by atoms with Crippen molar-refractivity contribution in [2.75, 3.05) is 6.54 Å². The topological polar surface area (TPSA) is 85.1 Å². The van der Waals surface area contributed by atoms with Crippen molar-refractivity contribution in [2.45, 2.75) is 26.7 Å². The lowest BCUT2D eigenvalue weighted by atomic mass is 10.2. The molecule has 6 heteroatoms. The molecule has 0 aliphatic heterocycles. The second kappa shape index (κ2) is 5.93. The SMILES string of the molecule is CCCCNC(=O)c1cc([N+](=O)[O-])cnc1C. The van der Waals surface area contributed by atoms with E-state index >= 15 is 0 Å². The van der Waals surface area contributed by atoms with E-state index in [1.54, 1.807) is 6.92 Å². The predicted molar refractivity (Wildman–Crippen MR) is 62.9 cm³/mol. The van der Waals surface area contributed by atoms with Gasteiger partial charge in [-0.25, -0.2) is 0 Å². The number of unbranched alkanes of at least 4 members (excludes halogenated alkanes) is 1. The van der Waals surface area contributed by atoms with E-state index in [-0.39, 0.29) is 17.2 Å². The summed E-state index contributed by atoms with van der Waals surface area (Å²) >= 11 is 0. The first-order valence-electron chi connectivity index (χ1n) is 5.45. The van der Waals surface area contributed by atoms with Crippen LogP contribution in [0.4, 0.5) is 5.69 Å². The Morgan fingerprint density at radius 2 is 2.29 bits per heavy atom. The highest BCUT2D eigenvalue weighted by molar-refractivity contribution is 5.95. The summed E-state index contributed by atoms with van der Waals surface area (Å²) in [5, 5.41) is 13.3. The summed E-state index contributed by atoms with van der Waals surface area (Å²) in [4.78, 5) is 25.6. The maximum Gasteiger partial charge on any atom is 0.288 e. The smallest absolute Gasteiger partial charge is 0.288 e. The number of carbonyl (C=O) groups excluding carboxylic acids is 1. The second-order valence-electron chi connectivity index (χ2n) is 3.69. The Morgan fingerprint density at radius 3 is 2.88 bits per heavy atom. The summed E-state index contributed by atoms with van der Waals surface area (Å²) in [7, 11) is 0. The molecule has 0 aromatic carbocycles. The average Bonchev–Trinajstić information content (AvgIpc) is 2.29. The van der Waals surface area contributed by atoms with E-state index in [2.05, 4.69) is 10.3 Å². The van der Waals surface area contributed by atoms with Crippen LogP contribution in [0, 0.1) is 17.0 Å². The molecule has 1 rings (SSSR count). The van der Waals surface area contributed by atoms with Crippen LogP contribution >= 0.6 is 0 Å². The van der Waals surface area contributed by atoms with Crippen molar-refractivity contribution < 1.29 is 9.72 Å². The molecule has 17 heavy (non-hydrogen) atoms. The molecule has 0 fully saturated rings. The van der Waals surface area contributed by atoms with Crippen LogP contribution in [0.1, 0.15) is 35.8 Å². The highest BCUT2D eigenvalue weighted by atomic mass is 16.6. The number of aromatic nitrogens is 1. The van der Waals surface area contributed by atoms with Crippen molar-refractivity contribution in [1.82, 2.24) is 10.3 Å². The molecule has 0 unspecified atom stereocenters. The second-order valence-corrected chi connectivity index (χ2v) is 3.69. The maximum absolute atomic E-state index is 11.7. The molecule has 0 radical (unpaired) electrons. The Balaban J connectivity index is 2.84. The summed E-state index contributed by atoms with van der Waals surface area (Å²) in [6.07, 6.45) is 3.01. The van der Waals surface area contributed by atoms with Gasteiger partial charge in [0.15, 0.2) is 0 Å². The number of amides is 1. The third kappa shape index (κ3) is 3.51. The highest BCUT2D eigenvalue weighted by Crippen LogP contribution is 2.14. The van der Waals surface area contributed by atoms with Crippen LogP contribution in [0.5, 0.6) is 0 Å². The van der Waals surface area contributed by atoms with Gasteiger partial charge in [-0.1, -0.05) is 13.3 Å². The third-order valence-electron chi connectivity index (χ3n) is 2.34. The molecule has 0 atom stereocenters. The van der Waals surface area contributed by atoms with Gasteiger partial charge in [-0.2, -0.15) is 0 Å². The van der Waals surface area contributed by atoms with Gasteiger partial charge in [-0.15, -0.1) is 0 Å². The zero-order valence-corrected chi connectivity index (χ0v) is 9.90. The molecule has 0 saturated heterocycles. The van der Waals surface area contributed by atoms with Crippen molar-refractivity contribution in [3.05, 3.63) is 33.6 Å². The molecule has 0 aliphatic rings. The van der Waals surface area contributed by atoms with Gasteiger partial charge in [0.05, 0.1) is 16.2 Å². The van der Waals surface area contributed by atoms with Gasteiger partial charge in [0.1, 0.15) is 6.20 Å². The molecule has 0 aliphatic carbocycles. The van der Waals surface area contributed by atoms with E-state index in [1.807, 2.05) is 6.92 Å². The van der Waals surface area contributed by atoms with Crippen LogP contribution in [0.25, 0.3) is 0 Å². The van der Waals surface area contributed by atoms with Crippen LogP contribution in [0.3, 0.4) is 0 Å². The van der Waals surface area contributed by atoms with Crippen LogP contribution in [-0.2, 0) is 0 Å². The molecule has 0 spiro atoms. The zero-order chi connectivity index (χ0) is 12.8. The van der Waals surface area contributed by atoms with Crippen molar-refractivity contribution in [2.24, 2.45) is 0 Å². The Morgan fingerprint density at radius 1 is 1.59 bits per heavy atom. The standard InChI is InChI=1S/C11H15N3O3/c1-3-4-5-12-11(15)10-6-9(14(16)17)7-13-8(10)2/h6-7H,3-5H2,1-2H3,(H,12,15). The van der Waals surface area contributed by atoms with Gasteiger partial charge in [-0.05, 0) is 13.3 Å². The highest BCUT2D eigenvalue weighted by Gasteiger charge is 2.15. The molecule has 1 aromatic heterocycles. The first kappa shape index (κ1) is 13.1. The summed E-state index contributed by atoms with van der Waals surface area (Å²) < 4.78 is 0. The number of hydrogen-bond donors (Lipinski definition) is 1. The van der Waals surface area contributed by atoms with E-state index in [1.165, 1.54) is 6.07 Å². The number of nitrogens with zero attached hydrogens (tertiary/aromatic N) is 2. The molecule has 1 aromatic rings. The van der Waals surface area contributed by atoms with Gasteiger partial charge in [0.25, 0.3) is 11.6 Å². The van der Waals surface area contributed by atoms with Gasteiger partial charge in [0.2, 0.25) is 0 Å².